The number of carbonyl (C=O) groups is 2. The van der Waals surface area contributed by atoms with E-state index in [9.17, 15) is 9.59 Å². The molecule has 1 atom stereocenters. The van der Waals surface area contributed by atoms with E-state index in [4.69, 9.17) is 14.2 Å². The topological polar surface area (TPSA) is 68.3 Å². The molecule has 7 heteroatoms. The molecule has 1 aliphatic rings. The molecule has 0 spiro atoms. The first-order valence-corrected chi connectivity index (χ1v) is 13.9. The van der Waals surface area contributed by atoms with Gasteiger partial charge < -0.3 is 24.0 Å². The Morgan fingerprint density at radius 3 is 1.92 bits per heavy atom. The number of hydrogen-bond acceptors (Lipinski definition) is 5. The van der Waals surface area contributed by atoms with Crippen molar-refractivity contribution < 1.29 is 23.8 Å². The van der Waals surface area contributed by atoms with Crippen molar-refractivity contribution >= 4 is 11.8 Å². The Labute approximate surface area is 228 Å². The van der Waals surface area contributed by atoms with E-state index in [-0.39, 0.29) is 18.4 Å². The molecule has 2 amide bonds. The minimum absolute atomic E-state index is 0.00297. The van der Waals surface area contributed by atoms with Crippen LogP contribution < -0.4 is 14.2 Å². The standard InChI is InChI=1S/C31H44N2O5/c1-6-7-8-9-10-11-12-13-18-33-22-29(34)32(2)26(31(33)35)19-23-14-16-24(17-15-23)25-20-27(36-3)30(38-5)28(21-25)37-4/h14-17,20-21,26H,6-13,18-19,22H2,1-5H3/t26-/m0/s1. The Balaban J connectivity index is 1.62. The molecule has 0 N–H and O–H groups in total. The highest BCUT2D eigenvalue weighted by Gasteiger charge is 2.36. The largest absolute Gasteiger partial charge is 0.493 e. The van der Waals surface area contributed by atoms with Gasteiger partial charge in [-0.25, -0.2) is 0 Å². The van der Waals surface area contributed by atoms with Gasteiger partial charge in [-0.3, -0.25) is 9.59 Å². The van der Waals surface area contributed by atoms with Crippen LogP contribution in [0.1, 0.15) is 63.9 Å². The molecule has 1 fully saturated rings. The van der Waals surface area contributed by atoms with Gasteiger partial charge in [-0.1, -0.05) is 76.1 Å². The molecule has 0 bridgehead atoms. The number of benzene rings is 2. The van der Waals surface area contributed by atoms with Crippen LogP contribution in [0.5, 0.6) is 17.2 Å². The van der Waals surface area contributed by atoms with E-state index in [1.54, 1.807) is 38.2 Å². The summed E-state index contributed by atoms with van der Waals surface area (Å²) in [5, 5.41) is 0. The van der Waals surface area contributed by atoms with Crippen molar-refractivity contribution in [3.8, 4) is 28.4 Å². The summed E-state index contributed by atoms with van der Waals surface area (Å²) in [6.45, 7) is 3.07. The summed E-state index contributed by atoms with van der Waals surface area (Å²) < 4.78 is 16.4. The number of carbonyl (C=O) groups excluding carboxylic acids is 2. The lowest BCUT2D eigenvalue weighted by atomic mass is 9.98. The van der Waals surface area contributed by atoms with E-state index in [1.807, 2.05) is 36.4 Å². The summed E-state index contributed by atoms with van der Waals surface area (Å²) in [6, 6.07) is 11.4. The van der Waals surface area contributed by atoms with Crippen molar-refractivity contribution in [2.24, 2.45) is 0 Å². The minimum atomic E-state index is -0.475. The van der Waals surface area contributed by atoms with E-state index < -0.39 is 6.04 Å². The van der Waals surface area contributed by atoms with Crippen LogP contribution >= 0.6 is 0 Å². The Morgan fingerprint density at radius 2 is 1.37 bits per heavy atom. The van der Waals surface area contributed by atoms with Gasteiger partial charge in [0.1, 0.15) is 6.04 Å². The van der Waals surface area contributed by atoms with Crippen molar-refractivity contribution in [2.75, 3.05) is 41.5 Å². The van der Waals surface area contributed by atoms with Gasteiger partial charge >= 0.3 is 0 Å². The number of unbranched alkanes of at least 4 members (excludes halogenated alkanes) is 7. The monoisotopic (exact) mass is 524 g/mol. The van der Waals surface area contributed by atoms with Crippen LogP contribution in [0.4, 0.5) is 0 Å². The van der Waals surface area contributed by atoms with Crippen molar-refractivity contribution in [3.05, 3.63) is 42.0 Å². The number of hydrogen-bond donors (Lipinski definition) is 0. The summed E-state index contributed by atoms with van der Waals surface area (Å²) in [5.74, 6) is 1.79. The zero-order chi connectivity index (χ0) is 27.5. The number of ether oxygens (including phenoxy) is 3. The predicted octanol–water partition coefficient (Wildman–Crippen LogP) is 5.73. The van der Waals surface area contributed by atoms with Gasteiger partial charge in [0.2, 0.25) is 17.6 Å². The zero-order valence-electron chi connectivity index (χ0n) is 23.8. The number of methoxy groups -OCH3 is 3. The van der Waals surface area contributed by atoms with Crippen molar-refractivity contribution in [2.45, 2.75) is 70.8 Å². The molecule has 38 heavy (non-hydrogen) atoms. The molecule has 208 valence electrons. The van der Waals surface area contributed by atoms with Crippen LogP contribution in [0.15, 0.2) is 36.4 Å². The normalized spacial score (nSPS) is 15.7. The maximum Gasteiger partial charge on any atom is 0.246 e. The molecule has 3 rings (SSSR count). The Hall–Kier alpha value is -3.22. The number of rotatable bonds is 15. The summed E-state index contributed by atoms with van der Waals surface area (Å²) >= 11 is 0. The second kappa shape index (κ2) is 14.6. The molecular weight excluding hydrogens is 480 g/mol. The molecule has 0 unspecified atom stereocenters. The fraction of sp³-hybridized carbons (Fsp3) is 0.548. The Bertz CT molecular complexity index is 1030. The highest BCUT2D eigenvalue weighted by atomic mass is 16.5. The van der Waals surface area contributed by atoms with Crippen LogP contribution in [0.3, 0.4) is 0 Å². The molecule has 1 aliphatic heterocycles. The second-order valence-electron chi connectivity index (χ2n) is 10.1. The molecule has 0 saturated carbocycles. The van der Waals surface area contributed by atoms with Gasteiger partial charge in [-0.05, 0) is 35.2 Å². The molecule has 0 aliphatic carbocycles. The lowest BCUT2D eigenvalue weighted by Gasteiger charge is -2.38. The molecule has 1 saturated heterocycles. The highest BCUT2D eigenvalue weighted by molar-refractivity contribution is 5.95. The zero-order valence-corrected chi connectivity index (χ0v) is 23.8. The maximum absolute atomic E-state index is 13.3. The van der Waals surface area contributed by atoms with Crippen LogP contribution in [0.2, 0.25) is 0 Å². The summed E-state index contributed by atoms with van der Waals surface area (Å²) in [4.78, 5) is 29.4. The Kier molecular flexibility index (Phi) is 11.3. The van der Waals surface area contributed by atoms with Crippen LogP contribution in [-0.4, -0.2) is 69.1 Å². The third kappa shape index (κ3) is 7.42. The van der Waals surface area contributed by atoms with E-state index >= 15 is 0 Å². The second-order valence-corrected chi connectivity index (χ2v) is 10.1. The van der Waals surface area contributed by atoms with Crippen molar-refractivity contribution in [3.63, 3.8) is 0 Å². The third-order valence-corrected chi connectivity index (χ3v) is 7.45. The number of nitrogens with zero attached hydrogens (tertiary/aromatic N) is 2. The van der Waals surface area contributed by atoms with Crippen LogP contribution in [0.25, 0.3) is 11.1 Å². The van der Waals surface area contributed by atoms with E-state index in [0.717, 1.165) is 29.5 Å². The molecule has 1 heterocycles. The van der Waals surface area contributed by atoms with Gasteiger partial charge in [0.15, 0.2) is 11.5 Å². The molecule has 0 aromatic heterocycles. The van der Waals surface area contributed by atoms with Gasteiger partial charge in [-0.2, -0.15) is 0 Å². The smallest absolute Gasteiger partial charge is 0.246 e. The van der Waals surface area contributed by atoms with E-state index in [0.29, 0.717) is 30.2 Å². The fourth-order valence-electron chi connectivity index (χ4n) is 5.06. The molecule has 2 aromatic rings. The SMILES string of the molecule is CCCCCCCCCCN1CC(=O)N(C)[C@@H](Cc2ccc(-c3cc(OC)c(OC)c(OC)c3)cc2)C1=O. The van der Waals surface area contributed by atoms with Crippen molar-refractivity contribution in [1.29, 1.82) is 0 Å². The Morgan fingerprint density at radius 1 is 0.789 bits per heavy atom. The first-order valence-electron chi connectivity index (χ1n) is 13.9. The summed E-state index contributed by atoms with van der Waals surface area (Å²) in [6.07, 6.45) is 10.2. The van der Waals surface area contributed by atoms with Gasteiger partial charge in [0.05, 0.1) is 27.9 Å². The van der Waals surface area contributed by atoms with Crippen LogP contribution in [0, 0.1) is 0 Å². The quantitative estimate of drug-likeness (QED) is 0.278. The first kappa shape index (κ1) is 29.3. The minimum Gasteiger partial charge on any atom is -0.493 e. The van der Waals surface area contributed by atoms with E-state index in [2.05, 4.69) is 6.92 Å². The lowest BCUT2D eigenvalue weighted by molar-refractivity contribution is -0.154. The number of piperazine rings is 1. The van der Waals surface area contributed by atoms with Gasteiger partial charge in [-0.15, -0.1) is 0 Å². The van der Waals surface area contributed by atoms with Gasteiger partial charge in [0.25, 0.3) is 0 Å². The predicted molar refractivity (Wildman–Crippen MR) is 151 cm³/mol. The maximum atomic E-state index is 13.3. The lowest BCUT2D eigenvalue weighted by Crippen LogP contribution is -2.59. The number of amides is 2. The highest BCUT2D eigenvalue weighted by Crippen LogP contribution is 2.41. The fourth-order valence-corrected chi connectivity index (χ4v) is 5.06. The molecule has 0 radical (unpaired) electrons. The van der Waals surface area contributed by atoms with Gasteiger partial charge in [0, 0.05) is 20.0 Å². The average molecular weight is 525 g/mol. The van der Waals surface area contributed by atoms with Crippen LogP contribution in [-0.2, 0) is 16.0 Å². The van der Waals surface area contributed by atoms with Crippen molar-refractivity contribution in [1.82, 2.24) is 9.80 Å². The molecule has 2 aromatic carbocycles. The third-order valence-electron chi connectivity index (χ3n) is 7.45. The first-order chi connectivity index (χ1) is 18.4. The molecule has 7 nitrogen and oxygen atoms in total. The number of likely N-dealkylation sites (N-methyl/N-ethyl adjacent to an activating group) is 1. The summed E-state index contributed by atoms with van der Waals surface area (Å²) in [7, 11) is 6.52. The van der Waals surface area contributed by atoms with E-state index in [1.165, 1.54) is 38.5 Å². The molecular formula is C31H44N2O5. The summed E-state index contributed by atoms with van der Waals surface area (Å²) in [5.41, 5.74) is 2.93. The average Bonchev–Trinajstić information content (AvgIpc) is 2.94.